The fraction of sp³-hybridized carbons (Fsp3) is 0.235. The highest BCUT2D eigenvalue weighted by Gasteiger charge is 2.18. The molecule has 3 heterocycles. The number of H-pyrrole nitrogens is 1. The van der Waals surface area contributed by atoms with E-state index in [1.807, 2.05) is 18.2 Å². The number of hydrogen-bond donors (Lipinski definition) is 1. The highest BCUT2D eigenvalue weighted by molar-refractivity contribution is 7.07. The van der Waals surface area contributed by atoms with Crippen molar-refractivity contribution in [3.63, 3.8) is 0 Å². The van der Waals surface area contributed by atoms with Gasteiger partial charge in [-0.05, 0) is 26.0 Å². The van der Waals surface area contributed by atoms with Gasteiger partial charge in [-0.1, -0.05) is 26.5 Å². The maximum absolute atomic E-state index is 14.2. The van der Waals surface area contributed by atoms with E-state index in [0.717, 1.165) is 16.9 Å². The van der Waals surface area contributed by atoms with Crippen LogP contribution in [0.5, 0.6) is 0 Å². The van der Waals surface area contributed by atoms with Gasteiger partial charge < -0.3 is 4.98 Å². The SMILES string of the molecule is Cc1[nH]c2nc3c(c(=P)n(Cc4c(F)cccc4Cl)c(=O)n3C)n2c1C. The van der Waals surface area contributed by atoms with Crippen molar-refractivity contribution in [1.29, 1.82) is 0 Å². The van der Waals surface area contributed by atoms with E-state index in [2.05, 4.69) is 18.8 Å². The molecule has 0 spiro atoms. The van der Waals surface area contributed by atoms with Gasteiger partial charge in [-0.25, -0.2) is 9.18 Å². The minimum Gasteiger partial charge on any atom is -0.327 e. The zero-order chi connectivity index (χ0) is 18.7. The van der Waals surface area contributed by atoms with Crippen molar-refractivity contribution in [2.45, 2.75) is 20.4 Å². The van der Waals surface area contributed by atoms with E-state index in [9.17, 15) is 9.18 Å². The summed E-state index contributed by atoms with van der Waals surface area (Å²) >= 11 is 6.14. The largest absolute Gasteiger partial charge is 0.330 e. The Labute approximate surface area is 154 Å². The summed E-state index contributed by atoms with van der Waals surface area (Å²) in [6.45, 7) is 3.93. The molecule has 0 unspecified atom stereocenters. The van der Waals surface area contributed by atoms with Crippen LogP contribution in [0.1, 0.15) is 17.0 Å². The molecule has 26 heavy (non-hydrogen) atoms. The van der Waals surface area contributed by atoms with Crippen molar-refractivity contribution in [2.24, 2.45) is 7.05 Å². The fourth-order valence-electron chi connectivity index (χ4n) is 3.17. The monoisotopic (exact) mass is 391 g/mol. The molecule has 0 saturated carbocycles. The minimum atomic E-state index is -0.453. The summed E-state index contributed by atoms with van der Waals surface area (Å²) in [4.78, 5) is 20.6. The van der Waals surface area contributed by atoms with Gasteiger partial charge >= 0.3 is 5.69 Å². The Morgan fingerprint density at radius 3 is 2.77 bits per heavy atom. The van der Waals surface area contributed by atoms with Gasteiger partial charge in [0, 0.05) is 29.0 Å². The summed E-state index contributed by atoms with van der Waals surface area (Å²) in [5.74, 6) is 0.191. The third-order valence-electron chi connectivity index (χ3n) is 4.74. The average Bonchev–Trinajstić information content (AvgIpc) is 3.09. The Hall–Kier alpha value is -2.37. The molecule has 0 bridgehead atoms. The van der Waals surface area contributed by atoms with Gasteiger partial charge in [0.25, 0.3) is 0 Å². The molecule has 0 aliphatic heterocycles. The quantitative estimate of drug-likeness (QED) is 0.532. The molecule has 0 aliphatic rings. The fourth-order valence-corrected chi connectivity index (χ4v) is 3.80. The average molecular weight is 392 g/mol. The number of rotatable bonds is 2. The molecule has 4 rings (SSSR count). The van der Waals surface area contributed by atoms with E-state index in [-0.39, 0.29) is 22.8 Å². The van der Waals surface area contributed by atoms with Gasteiger partial charge in [0.15, 0.2) is 5.65 Å². The number of hydrogen-bond acceptors (Lipinski definition) is 2. The summed E-state index contributed by atoms with van der Waals surface area (Å²) in [5.41, 5.74) is 3.17. The first kappa shape index (κ1) is 17.1. The minimum absolute atomic E-state index is 0.00262. The molecule has 0 saturated heterocycles. The summed E-state index contributed by atoms with van der Waals surface area (Å²) in [6.07, 6.45) is 0. The zero-order valence-electron chi connectivity index (χ0n) is 14.4. The summed E-state index contributed by atoms with van der Waals surface area (Å²) in [6, 6.07) is 4.47. The van der Waals surface area contributed by atoms with Crippen molar-refractivity contribution < 1.29 is 4.39 Å². The number of aromatic amines is 1. The van der Waals surface area contributed by atoms with E-state index in [1.54, 1.807) is 13.1 Å². The maximum atomic E-state index is 14.2. The van der Waals surface area contributed by atoms with Crippen LogP contribution in [0, 0.1) is 24.7 Å². The topological polar surface area (TPSA) is 60.0 Å². The van der Waals surface area contributed by atoms with Crippen LogP contribution in [0.2, 0.25) is 5.02 Å². The van der Waals surface area contributed by atoms with Gasteiger partial charge in [0.2, 0.25) is 5.78 Å². The second-order valence-electron chi connectivity index (χ2n) is 6.25. The number of benzene rings is 1. The predicted molar refractivity (Wildman–Crippen MR) is 102 cm³/mol. The van der Waals surface area contributed by atoms with Crippen molar-refractivity contribution in [3.05, 3.63) is 61.5 Å². The third-order valence-corrected chi connectivity index (χ3v) is 5.60. The van der Waals surface area contributed by atoms with Crippen LogP contribution in [-0.4, -0.2) is 23.5 Å². The number of nitrogens with zero attached hydrogens (tertiary/aromatic N) is 4. The first-order valence-electron chi connectivity index (χ1n) is 7.96. The lowest BCUT2D eigenvalue weighted by Crippen LogP contribution is -2.30. The molecular weight excluding hydrogens is 376 g/mol. The summed E-state index contributed by atoms with van der Waals surface area (Å²) in [7, 11) is 5.23. The molecule has 0 amide bonds. The lowest BCUT2D eigenvalue weighted by Gasteiger charge is -2.12. The van der Waals surface area contributed by atoms with Crippen LogP contribution in [-0.2, 0) is 13.6 Å². The van der Waals surface area contributed by atoms with Crippen LogP contribution in [0.3, 0.4) is 0 Å². The second kappa shape index (κ2) is 5.83. The number of imidazole rings is 2. The first-order chi connectivity index (χ1) is 12.3. The van der Waals surface area contributed by atoms with E-state index in [1.165, 1.54) is 21.3 Å². The number of nitrogens with one attached hydrogen (secondary N) is 1. The number of fused-ring (bicyclic) bond motifs is 3. The van der Waals surface area contributed by atoms with Crippen LogP contribution in [0.4, 0.5) is 4.39 Å². The van der Waals surface area contributed by atoms with Gasteiger partial charge in [-0.15, -0.1) is 0 Å². The van der Waals surface area contributed by atoms with E-state index in [0.29, 0.717) is 16.5 Å². The molecule has 0 aliphatic carbocycles. The van der Waals surface area contributed by atoms with Gasteiger partial charge in [0.1, 0.15) is 11.3 Å². The molecule has 0 atom stereocenters. The molecule has 9 heteroatoms. The van der Waals surface area contributed by atoms with Crippen molar-refractivity contribution in [2.75, 3.05) is 0 Å². The Kier molecular flexibility index (Phi) is 3.82. The Morgan fingerprint density at radius 1 is 1.35 bits per heavy atom. The van der Waals surface area contributed by atoms with Crippen LogP contribution < -0.4 is 5.69 Å². The number of aryl methyl sites for hydroxylation is 3. The molecule has 6 nitrogen and oxygen atoms in total. The van der Waals surface area contributed by atoms with Gasteiger partial charge in [-0.2, -0.15) is 4.98 Å². The van der Waals surface area contributed by atoms with Crippen LogP contribution in [0.15, 0.2) is 23.0 Å². The number of halogens is 2. The maximum Gasteiger partial charge on any atom is 0.330 e. The smallest absolute Gasteiger partial charge is 0.327 e. The molecule has 0 radical (unpaired) electrons. The molecule has 4 aromatic rings. The van der Waals surface area contributed by atoms with Crippen LogP contribution >= 0.6 is 20.5 Å². The Balaban J connectivity index is 2.09. The van der Waals surface area contributed by atoms with Gasteiger partial charge in [0.05, 0.1) is 11.6 Å². The molecule has 1 aromatic carbocycles. The predicted octanol–water partition coefficient (Wildman–Crippen LogP) is 3.45. The van der Waals surface area contributed by atoms with E-state index in [4.69, 9.17) is 11.6 Å². The summed E-state index contributed by atoms with van der Waals surface area (Å²) < 4.78 is 19.1. The molecule has 134 valence electrons. The molecule has 3 aromatic heterocycles. The zero-order valence-corrected chi connectivity index (χ0v) is 16.1. The normalized spacial score (nSPS) is 11.7. The Morgan fingerprint density at radius 2 is 2.08 bits per heavy atom. The van der Waals surface area contributed by atoms with Gasteiger partial charge in [-0.3, -0.25) is 13.5 Å². The van der Waals surface area contributed by atoms with Crippen molar-refractivity contribution in [3.8, 4) is 0 Å². The lowest BCUT2D eigenvalue weighted by atomic mass is 10.2. The van der Waals surface area contributed by atoms with Crippen LogP contribution in [0.25, 0.3) is 16.9 Å². The van der Waals surface area contributed by atoms with E-state index >= 15 is 0 Å². The first-order valence-corrected chi connectivity index (χ1v) is 8.83. The number of aromatic nitrogens is 5. The third kappa shape index (κ3) is 2.27. The second-order valence-corrected chi connectivity index (χ2v) is 7.14. The lowest BCUT2D eigenvalue weighted by molar-refractivity contribution is 0.586. The molecular formula is C17H16ClFN5OP. The van der Waals surface area contributed by atoms with Crippen molar-refractivity contribution >= 4 is 37.4 Å². The standard InChI is InChI=1S/C17H16ClFN5OP/c1-8-9(2)24-13-14(21-16(24)20-8)22(3)17(25)23(15(13)26)7-10-11(18)5-4-6-12(10)19/h4-6,26H,7H2,1-3H3,(H,20,21). The van der Waals surface area contributed by atoms with E-state index < -0.39 is 5.82 Å². The highest BCUT2D eigenvalue weighted by Crippen LogP contribution is 2.23. The molecule has 0 fully saturated rings. The summed E-state index contributed by atoms with van der Waals surface area (Å²) in [5, 5.41) is 0.787. The highest BCUT2D eigenvalue weighted by atomic mass is 35.5. The van der Waals surface area contributed by atoms with Crippen molar-refractivity contribution in [1.82, 2.24) is 23.5 Å². The molecule has 1 N–H and O–H groups in total. The Bertz CT molecular complexity index is 1290.